The highest BCUT2D eigenvalue weighted by atomic mass is 35.5. The molecular formula is C13H9ClF2N2O. The van der Waals surface area contributed by atoms with Crippen molar-refractivity contribution in [3.63, 3.8) is 0 Å². The zero-order valence-electron chi connectivity index (χ0n) is 9.58. The van der Waals surface area contributed by atoms with Crippen molar-refractivity contribution in [2.75, 3.05) is 11.1 Å². The van der Waals surface area contributed by atoms with Crippen LogP contribution in [0.1, 0.15) is 10.4 Å². The van der Waals surface area contributed by atoms with Crippen LogP contribution in [0.3, 0.4) is 0 Å². The third-order valence-electron chi connectivity index (χ3n) is 2.45. The second-order valence-corrected chi connectivity index (χ2v) is 4.19. The van der Waals surface area contributed by atoms with Crippen LogP contribution in [0.15, 0.2) is 36.4 Å². The van der Waals surface area contributed by atoms with Gasteiger partial charge < -0.3 is 11.1 Å². The van der Waals surface area contributed by atoms with Crippen molar-refractivity contribution < 1.29 is 13.6 Å². The first-order valence-electron chi connectivity index (χ1n) is 5.29. The number of hydrogen-bond donors (Lipinski definition) is 2. The molecule has 1 amide bonds. The van der Waals surface area contributed by atoms with Crippen LogP contribution in [0.2, 0.25) is 5.02 Å². The van der Waals surface area contributed by atoms with Crippen LogP contribution in [0.4, 0.5) is 20.2 Å². The van der Waals surface area contributed by atoms with Gasteiger partial charge >= 0.3 is 0 Å². The third kappa shape index (κ3) is 2.82. The van der Waals surface area contributed by atoms with E-state index in [2.05, 4.69) is 5.32 Å². The molecule has 0 fully saturated rings. The number of para-hydroxylation sites is 1. The Morgan fingerprint density at radius 2 is 1.84 bits per heavy atom. The van der Waals surface area contributed by atoms with E-state index in [4.69, 9.17) is 17.3 Å². The average molecular weight is 283 g/mol. The second-order valence-electron chi connectivity index (χ2n) is 3.79. The predicted molar refractivity (Wildman–Crippen MR) is 70.2 cm³/mol. The highest BCUT2D eigenvalue weighted by molar-refractivity contribution is 6.33. The minimum atomic E-state index is -0.990. The average Bonchev–Trinajstić information content (AvgIpc) is 2.36. The van der Waals surface area contributed by atoms with Gasteiger partial charge in [0.05, 0.1) is 22.0 Å². The third-order valence-corrected chi connectivity index (χ3v) is 2.78. The van der Waals surface area contributed by atoms with E-state index in [0.29, 0.717) is 16.8 Å². The molecule has 2 aromatic rings. The van der Waals surface area contributed by atoms with Crippen molar-refractivity contribution in [3.05, 3.63) is 58.6 Å². The summed E-state index contributed by atoms with van der Waals surface area (Å²) in [4.78, 5) is 11.9. The fourth-order valence-corrected chi connectivity index (χ4v) is 1.67. The zero-order chi connectivity index (χ0) is 14.0. The summed E-state index contributed by atoms with van der Waals surface area (Å²) in [6.45, 7) is 0. The number of anilines is 2. The molecule has 3 nitrogen and oxygen atoms in total. The maximum absolute atomic E-state index is 13.5. The SMILES string of the molecule is Nc1cc(C(=O)Nc2ccccc2Cl)c(F)cc1F. The molecule has 19 heavy (non-hydrogen) atoms. The minimum Gasteiger partial charge on any atom is -0.396 e. The van der Waals surface area contributed by atoms with Gasteiger partial charge in [0.2, 0.25) is 0 Å². The summed E-state index contributed by atoms with van der Waals surface area (Å²) in [5, 5.41) is 2.74. The lowest BCUT2D eigenvalue weighted by Crippen LogP contribution is -2.15. The van der Waals surface area contributed by atoms with Crippen LogP contribution in [0.5, 0.6) is 0 Å². The molecule has 0 heterocycles. The van der Waals surface area contributed by atoms with E-state index in [9.17, 15) is 13.6 Å². The number of hydrogen-bond acceptors (Lipinski definition) is 2. The van der Waals surface area contributed by atoms with Gasteiger partial charge in [-0.05, 0) is 18.2 Å². The molecule has 3 N–H and O–H groups in total. The normalized spacial score (nSPS) is 10.3. The lowest BCUT2D eigenvalue weighted by Gasteiger charge is -2.08. The van der Waals surface area contributed by atoms with Crippen molar-refractivity contribution in [3.8, 4) is 0 Å². The molecule has 0 aliphatic rings. The number of carbonyl (C=O) groups is 1. The largest absolute Gasteiger partial charge is 0.396 e. The number of halogens is 3. The van der Waals surface area contributed by atoms with Crippen LogP contribution in [0, 0.1) is 11.6 Å². The fraction of sp³-hybridized carbons (Fsp3) is 0. The van der Waals surface area contributed by atoms with Gasteiger partial charge in [-0.25, -0.2) is 8.78 Å². The van der Waals surface area contributed by atoms with Gasteiger partial charge in [0.1, 0.15) is 11.6 Å². The Bertz CT molecular complexity index is 647. The molecule has 0 radical (unpaired) electrons. The highest BCUT2D eigenvalue weighted by Gasteiger charge is 2.15. The van der Waals surface area contributed by atoms with Gasteiger partial charge in [0.15, 0.2) is 0 Å². The summed E-state index contributed by atoms with van der Waals surface area (Å²) in [5.74, 6) is -2.65. The number of benzene rings is 2. The molecule has 0 aliphatic carbocycles. The highest BCUT2D eigenvalue weighted by Crippen LogP contribution is 2.23. The van der Waals surface area contributed by atoms with Crippen LogP contribution in [0.25, 0.3) is 0 Å². The van der Waals surface area contributed by atoms with Crippen LogP contribution >= 0.6 is 11.6 Å². The molecular weight excluding hydrogens is 274 g/mol. The molecule has 0 atom stereocenters. The van der Waals surface area contributed by atoms with Crippen molar-refractivity contribution >= 4 is 28.9 Å². The minimum absolute atomic E-state index is 0.300. The molecule has 0 saturated carbocycles. The van der Waals surface area contributed by atoms with Gasteiger partial charge in [0.25, 0.3) is 5.91 Å². The van der Waals surface area contributed by atoms with Gasteiger partial charge in [-0.15, -0.1) is 0 Å². The van der Waals surface area contributed by atoms with E-state index in [1.54, 1.807) is 24.3 Å². The summed E-state index contributed by atoms with van der Waals surface area (Å²) in [7, 11) is 0. The van der Waals surface area contributed by atoms with E-state index in [0.717, 1.165) is 6.07 Å². The molecule has 6 heteroatoms. The Labute approximate surface area is 113 Å². The summed E-state index contributed by atoms with van der Waals surface area (Å²) < 4.78 is 26.5. The Morgan fingerprint density at radius 1 is 1.16 bits per heavy atom. The Hall–Kier alpha value is -2.14. The first-order chi connectivity index (χ1) is 8.99. The standard InChI is InChI=1S/C13H9ClF2N2O/c14-8-3-1-2-4-12(8)18-13(19)7-5-11(17)10(16)6-9(7)15/h1-6H,17H2,(H,18,19). The number of carbonyl (C=O) groups excluding carboxylic acids is 1. The summed E-state index contributed by atoms with van der Waals surface area (Å²) in [5.41, 5.74) is 4.98. The number of nitrogen functional groups attached to an aromatic ring is 1. The number of amides is 1. The van der Waals surface area contributed by atoms with Gasteiger partial charge in [-0.2, -0.15) is 0 Å². The lowest BCUT2D eigenvalue weighted by atomic mass is 10.1. The molecule has 2 rings (SSSR count). The maximum Gasteiger partial charge on any atom is 0.258 e. The Kier molecular flexibility index (Phi) is 3.66. The molecule has 0 bridgehead atoms. The van der Waals surface area contributed by atoms with Crippen LogP contribution in [-0.2, 0) is 0 Å². The smallest absolute Gasteiger partial charge is 0.258 e. The number of nitrogens with two attached hydrogens (primary N) is 1. The monoisotopic (exact) mass is 282 g/mol. The lowest BCUT2D eigenvalue weighted by molar-refractivity contribution is 0.102. The van der Waals surface area contributed by atoms with Gasteiger partial charge in [-0.3, -0.25) is 4.79 Å². The first-order valence-corrected chi connectivity index (χ1v) is 5.67. The van der Waals surface area contributed by atoms with Crippen molar-refractivity contribution in [2.24, 2.45) is 0 Å². The topological polar surface area (TPSA) is 55.1 Å². The van der Waals surface area contributed by atoms with Gasteiger partial charge in [-0.1, -0.05) is 23.7 Å². The second kappa shape index (κ2) is 5.24. The zero-order valence-corrected chi connectivity index (χ0v) is 10.3. The maximum atomic E-state index is 13.5. The molecule has 0 aliphatic heterocycles. The molecule has 0 saturated heterocycles. The number of rotatable bonds is 2. The molecule has 0 aromatic heterocycles. The van der Waals surface area contributed by atoms with Crippen molar-refractivity contribution in [1.82, 2.24) is 0 Å². The van der Waals surface area contributed by atoms with E-state index >= 15 is 0 Å². The Morgan fingerprint density at radius 3 is 2.53 bits per heavy atom. The number of nitrogens with one attached hydrogen (secondary N) is 1. The van der Waals surface area contributed by atoms with Gasteiger partial charge in [0, 0.05) is 6.07 Å². The summed E-state index contributed by atoms with van der Waals surface area (Å²) in [6, 6.07) is 8.00. The molecule has 98 valence electrons. The molecule has 2 aromatic carbocycles. The molecule has 0 spiro atoms. The van der Waals surface area contributed by atoms with Crippen molar-refractivity contribution in [2.45, 2.75) is 0 Å². The summed E-state index contributed by atoms with van der Waals surface area (Å²) in [6.07, 6.45) is 0. The van der Waals surface area contributed by atoms with Crippen LogP contribution in [-0.4, -0.2) is 5.91 Å². The quantitative estimate of drug-likeness (QED) is 0.829. The fourth-order valence-electron chi connectivity index (χ4n) is 1.49. The first kappa shape index (κ1) is 13.3. The van der Waals surface area contributed by atoms with Crippen molar-refractivity contribution in [1.29, 1.82) is 0 Å². The van der Waals surface area contributed by atoms with E-state index in [1.807, 2.05) is 0 Å². The van der Waals surface area contributed by atoms with E-state index in [-0.39, 0.29) is 11.3 Å². The Balaban J connectivity index is 2.31. The molecule has 0 unspecified atom stereocenters. The predicted octanol–water partition coefficient (Wildman–Crippen LogP) is 3.45. The summed E-state index contributed by atoms with van der Waals surface area (Å²) >= 11 is 5.86. The van der Waals surface area contributed by atoms with Crippen LogP contribution < -0.4 is 11.1 Å². The van der Waals surface area contributed by atoms with E-state index < -0.39 is 17.5 Å². The van der Waals surface area contributed by atoms with E-state index in [1.165, 1.54) is 0 Å².